The maximum absolute atomic E-state index is 13.8. The first-order chi connectivity index (χ1) is 26.9. The largest absolute Gasteiger partial charge is 0.743 e. The Labute approximate surface area is 343 Å². The minimum Gasteiger partial charge on any atom is -0.743 e. The fraction of sp³-hybridized carbons (Fsp3) is 0.907. The van der Waals surface area contributed by atoms with Crippen LogP contribution in [0.15, 0.2) is 0 Å². The Balaban J connectivity index is 0.000000447. The van der Waals surface area contributed by atoms with Crippen LogP contribution in [-0.2, 0) is 34.0 Å². The summed E-state index contributed by atoms with van der Waals surface area (Å²) in [5.41, 5.74) is -1.25. The predicted octanol–water partition coefficient (Wildman–Crippen LogP) is 9.60. The van der Waals surface area contributed by atoms with Crippen LogP contribution in [0.3, 0.4) is 0 Å². The average Bonchev–Trinajstić information content (AvgIpc) is 3.51. The molecule has 0 aromatic carbocycles. The third-order valence-electron chi connectivity index (χ3n) is 14.8. The molecule has 1 unspecified atom stereocenters. The SMILES string of the molecule is CCCC[N+](CCCC)(CCCC)CCCC.C[C@H](CCC(=O)OC(C(F)(F)F)C(F)(F)S(=O)(=O)[O-])[C@H]1CC[C@H]2[C@@H]3C(=O)C[C@@H]4CC(=O)CC[C@]4(C)[C@H]3CC(=O)[C@]12C. The number of quaternary nitrogens is 1. The van der Waals surface area contributed by atoms with E-state index in [1.165, 1.54) is 82.0 Å². The van der Waals surface area contributed by atoms with Crippen molar-refractivity contribution < 1.29 is 63.3 Å². The first kappa shape index (κ1) is 50.4. The van der Waals surface area contributed by atoms with E-state index >= 15 is 0 Å². The number of fused-ring (bicyclic) bond motifs is 5. The molecule has 4 fully saturated rings. The lowest BCUT2D eigenvalue weighted by Gasteiger charge is -2.58. The summed E-state index contributed by atoms with van der Waals surface area (Å²) in [4.78, 5) is 51.5. The van der Waals surface area contributed by atoms with Gasteiger partial charge in [-0.15, -0.1) is 0 Å². The minimum atomic E-state index is -6.79. The van der Waals surface area contributed by atoms with Crippen LogP contribution in [0.5, 0.6) is 0 Å². The molecule has 9 atom stereocenters. The van der Waals surface area contributed by atoms with Crippen LogP contribution in [0.4, 0.5) is 22.0 Å². The molecule has 4 saturated carbocycles. The van der Waals surface area contributed by atoms with Crippen LogP contribution in [0, 0.1) is 46.3 Å². The second-order valence-electron chi connectivity index (χ2n) is 18.5. The monoisotopic (exact) mass is 855 g/mol. The van der Waals surface area contributed by atoms with E-state index in [0.717, 1.165) is 0 Å². The molecule has 0 N–H and O–H groups in total. The Morgan fingerprint density at radius 1 is 0.845 bits per heavy atom. The summed E-state index contributed by atoms with van der Waals surface area (Å²) in [5.74, 6) is -3.35. The Bertz CT molecular complexity index is 1500. The van der Waals surface area contributed by atoms with Gasteiger partial charge in [0, 0.05) is 43.4 Å². The number of carbonyl (C=O) groups is 4. The number of carbonyl (C=O) groups excluding carboxylic acids is 4. The number of esters is 1. The Kier molecular flexibility index (Phi) is 17.6. The standard InChI is InChI=1S/C27H35F5O8S.C16H36N/c1-13(4-7-21(36)40-23(26(28,29)30)27(31,32)41(37,38)39)16-5-6-17-22-18(12-20(35)25(16,17)3)24(2)9-8-15(33)10-14(24)11-19(22)34;1-5-9-13-17(14-10-6-2,15-11-7-3)16-12-8-4/h13-14,16-18,22-23H,4-12H2,1-3H3,(H,37,38,39);5-16H2,1-4H3/q;+1/p-1/t13-,14+,16-,17+,18+,22+,23?,24+,25-;/m1./s1. The number of hydrogen-bond acceptors (Lipinski definition) is 8. The first-order valence-corrected chi connectivity index (χ1v) is 23.3. The second-order valence-corrected chi connectivity index (χ2v) is 20.0. The van der Waals surface area contributed by atoms with Gasteiger partial charge in [0.25, 0.3) is 6.10 Å². The Morgan fingerprint density at radius 2 is 1.36 bits per heavy atom. The number of nitrogens with zero attached hydrogens (tertiary/aromatic N) is 1. The lowest BCUT2D eigenvalue weighted by atomic mass is 9.44. The molecule has 58 heavy (non-hydrogen) atoms. The molecule has 336 valence electrons. The van der Waals surface area contributed by atoms with Crippen LogP contribution in [0.1, 0.15) is 158 Å². The predicted molar refractivity (Wildman–Crippen MR) is 209 cm³/mol. The van der Waals surface area contributed by atoms with Crippen molar-refractivity contribution in [2.24, 2.45) is 46.3 Å². The van der Waals surface area contributed by atoms with E-state index < -0.39 is 51.4 Å². The number of unbranched alkanes of at least 4 members (excludes halogenated alkanes) is 4. The van der Waals surface area contributed by atoms with Gasteiger partial charge in [-0.1, -0.05) is 74.1 Å². The molecule has 0 spiro atoms. The van der Waals surface area contributed by atoms with Crippen LogP contribution in [0.2, 0.25) is 0 Å². The van der Waals surface area contributed by atoms with E-state index in [1.54, 1.807) is 13.8 Å². The van der Waals surface area contributed by atoms with E-state index in [9.17, 15) is 54.1 Å². The van der Waals surface area contributed by atoms with Gasteiger partial charge in [-0.05, 0) is 86.4 Å². The van der Waals surface area contributed by atoms with Gasteiger partial charge in [0.05, 0.1) is 26.2 Å². The van der Waals surface area contributed by atoms with Crippen LogP contribution in [0.25, 0.3) is 0 Å². The molecule has 4 aliphatic carbocycles. The summed E-state index contributed by atoms with van der Waals surface area (Å²) >= 11 is 0. The number of rotatable bonds is 19. The molecule has 0 radical (unpaired) electrons. The molecular weight excluding hydrogens is 786 g/mol. The van der Waals surface area contributed by atoms with Crippen LogP contribution >= 0.6 is 0 Å². The van der Waals surface area contributed by atoms with Crippen molar-refractivity contribution in [3.63, 3.8) is 0 Å². The molecule has 0 aromatic heterocycles. The van der Waals surface area contributed by atoms with Gasteiger partial charge in [-0.25, -0.2) is 8.42 Å². The molecule has 0 aliphatic heterocycles. The first-order valence-electron chi connectivity index (χ1n) is 21.9. The summed E-state index contributed by atoms with van der Waals surface area (Å²) < 4.78 is 104. The lowest BCUT2D eigenvalue weighted by molar-refractivity contribution is -0.929. The van der Waals surface area contributed by atoms with E-state index in [-0.39, 0.29) is 71.6 Å². The van der Waals surface area contributed by atoms with Gasteiger partial charge >= 0.3 is 17.4 Å². The average molecular weight is 856 g/mol. The zero-order chi connectivity index (χ0) is 43.9. The maximum Gasteiger partial charge on any atom is 0.432 e. The molecule has 4 rings (SSSR count). The van der Waals surface area contributed by atoms with Gasteiger partial charge in [0.2, 0.25) is 0 Å². The molecule has 0 amide bonds. The quantitative estimate of drug-likeness (QED) is 0.0543. The van der Waals surface area contributed by atoms with E-state index in [4.69, 9.17) is 0 Å². The highest BCUT2D eigenvalue weighted by atomic mass is 32.2. The second kappa shape index (κ2) is 20.2. The normalized spacial score (nSPS) is 30.1. The van der Waals surface area contributed by atoms with Crippen molar-refractivity contribution >= 4 is 33.4 Å². The molecule has 15 heteroatoms. The summed E-state index contributed by atoms with van der Waals surface area (Å²) in [6.45, 7) is 20.6. The van der Waals surface area contributed by atoms with Crippen molar-refractivity contribution in [2.45, 2.75) is 175 Å². The third kappa shape index (κ3) is 11.1. The van der Waals surface area contributed by atoms with Crippen molar-refractivity contribution in [2.75, 3.05) is 26.2 Å². The smallest absolute Gasteiger partial charge is 0.432 e. The zero-order valence-corrected chi connectivity index (χ0v) is 36.7. The Morgan fingerprint density at radius 3 is 1.83 bits per heavy atom. The molecule has 9 nitrogen and oxygen atoms in total. The number of hydrogen-bond donors (Lipinski definition) is 0. The highest BCUT2D eigenvalue weighted by Crippen LogP contribution is 2.66. The van der Waals surface area contributed by atoms with Gasteiger partial charge in [0.1, 0.15) is 17.3 Å². The van der Waals surface area contributed by atoms with E-state index in [1.807, 2.05) is 0 Å². The number of Topliss-reactive ketones (excluding diaryl/α,β-unsaturated/α-hetero) is 3. The number of alkyl halides is 5. The van der Waals surface area contributed by atoms with Gasteiger partial charge in [0.15, 0.2) is 10.1 Å². The van der Waals surface area contributed by atoms with E-state index in [0.29, 0.717) is 32.1 Å². The van der Waals surface area contributed by atoms with Gasteiger partial charge in [-0.2, -0.15) is 22.0 Å². The summed E-state index contributed by atoms with van der Waals surface area (Å²) in [6, 6.07) is 0. The topological polar surface area (TPSA) is 135 Å². The van der Waals surface area contributed by atoms with Crippen LogP contribution < -0.4 is 0 Å². The van der Waals surface area contributed by atoms with Gasteiger partial charge < -0.3 is 13.8 Å². The fourth-order valence-electron chi connectivity index (χ4n) is 11.2. The van der Waals surface area contributed by atoms with Crippen molar-refractivity contribution in [1.29, 1.82) is 0 Å². The Hall–Kier alpha value is -2.00. The minimum absolute atomic E-state index is 0.0373. The maximum atomic E-state index is 13.8. The molecule has 0 bridgehead atoms. The number of halogens is 5. The fourth-order valence-corrected chi connectivity index (χ4v) is 11.7. The number of ether oxygens (including phenoxy) is 1. The van der Waals surface area contributed by atoms with Crippen molar-refractivity contribution in [1.82, 2.24) is 0 Å². The summed E-state index contributed by atoms with van der Waals surface area (Å²) in [5, 5.41) is -5.92. The summed E-state index contributed by atoms with van der Waals surface area (Å²) in [6.07, 6.45) is 2.53. The molecule has 0 heterocycles. The highest BCUT2D eigenvalue weighted by molar-refractivity contribution is 7.86. The van der Waals surface area contributed by atoms with Crippen molar-refractivity contribution in [3.8, 4) is 0 Å². The molecule has 0 aromatic rings. The van der Waals surface area contributed by atoms with Crippen LogP contribution in [-0.4, -0.2) is 84.5 Å². The third-order valence-corrected chi connectivity index (χ3v) is 15.7. The highest BCUT2D eigenvalue weighted by Gasteiger charge is 2.66. The van der Waals surface area contributed by atoms with Crippen molar-refractivity contribution in [3.05, 3.63) is 0 Å². The van der Waals surface area contributed by atoms with E-state index in [2.05, 4.69) is 39.4 Å². The summed E-state index contributed by atoms with van der Waals surface area (Å²) in [7, 11) is -6.79. The molecule has 4 aliphatic rings. The molecular formula is C43H70F5NO8S. The van der Waals surface area contributed by atoms with Gasteiger partial charge in [-0.3, -0.25) is 19.2 Å². The lowest BCUT2D eigenvalue weighted by Crippen LogP contribution is -2.60. The molecule has 0 saturated heterocycles. The zero-order valence-electron chi connectivity index (χ0n) is 35.9. The number of ketones is 3.